The molecule has 1 aliphatic heterocycles. The van der Waals surface area contributed by atoms with Gasteiger partial charge in [0, 0.05) is 31.4 Å². The number of aromatic nitrogens is 1. The number of nitrogens with zero attached hydrogens (tertiary/aromatic N) is 2. The third-order valence-electron chi connectivity index (χ3n) is 4.56. The van der Waals surface area contributed by atoms with E-state index < -0.39 is 5.97 Å². The molecule has 5 heteroatoms. The fourth-order valence-corrected chi connectivity index (χ4v) is 3.19. The zero-order chi connectivity index (χ0) is 17.9. The molecule has 0 saturated carbocycles. The Kier molecular flexibility index (Phi) is 4.27. The number of rotatable bonds is 4. The molecule has 0 unspecified atom stereocenters. The molecule has 0 atom stereocenters. The summed E-state index contributed by atoms with van der Waals surface area (Å²) in [6.45, 7) is 2.60. The summed E-state index contributed by atoms with van der Waals surface area (Å²) in [6, 6.07) is 19.4. The molecule has 0 radical (unpaired) electrons. The highest BCUT2D eigenvalue weighted by Crippen LogP contribution is 2.32. The molecule has 4 rings (SSSR count). The average Bonchev–Trinajstić information content (AvgIpc) is 2.69. The Morgan fingerprint density at radius 3 is 2.58 bits per heavy atom. The minimum Gasteiger partial charge on any atom is -0.478 e. The molecule has 0 fully saturated rings. The summed E-state index contributed by atoms with van der Waals surface area (Å²) in [6.07, 6.45) is 1.83. The van der Waals surface area contributed by atoms with E-state index in [9.17, 15) is 4.79 Å². The Hall–Kier alpha value is -3.34. The van der Waals surface area contributed by atoms with Crippen LogP contribution in [-0.2, 0) is 6.54 Å². The number of pyridine rings is 1. The van der Waals surface area contributed by atoms with Gasteiger partial charge in [0.25, 0.3) is 0 Å². The van der Waals surface area contributed by atoms with Crippen LogP contribution in [0.1, 0.15) is 15.9 Å². The Labute approximate surface area is 151 Å². The Morgan fingerprint density at radius 2 is 1.85 bits per heavy atom. The van der Waals surface area contributed by atoms with Crippen molar-refractivity contribution >= 4 is 17.5 Å². The van der Waals surface area contributed by atoms with Crippen LogP contribution < -0.4 is 10.2 Å². The highest BCUT2D eigenvalue weighted by Gasteiger charge is 2.18. The van der Waals surface area contributed by atoms with Crippen LogP contribution in [0.3, 0.4) is 0 Å². The minimum atomic E-state index is -0.918. The first-order valence-corrected chi connectivity index (χ1v) is 8.57. The van der Waals surface area contributed by atoms with E-state index in [0.29, 0.717) is 0 Å². The van der Waals surface area contributed by atoms with Gasteiger partial charge in [0.15, 0.2) is 0 Å². The van der Waals surface area contributed by atoms with Gasteiger partial charge in [0.2, 0.25) is 0 Å². The maximum atomic E-state index is 11.0. The number of aromatic carboxylic acids is 1. The lowest BCUT2D eigenvalue weighted by atomic mass is 10.0. The molecule has 0 aliphatic carbocycles. The molecular formula is C21H19N3O2. The van der Waals surface area contributed by atoms with E-state index >= 15 is 0 Å². The van der Waals surface area contributed by atoms with Gasteiger partial charge in [-0.2, -0.15) is 0 Å². The van der Waals surface area contributed by atoms with Gasteiger partial charge in [-0.15, -0.1) is 0 Å². The predicted octanol–water partition coefficient (Wildman–Crippen LogP) is 3.88. The number of nitrogens with one attached hydrogen (secondary N) is 1. The van der Waals surface area contributed by atoms with Crippen molar-refractivity contribution in [2.24, 2.45) is 0 Å². The first-order valence-electron chi connectivity index (χ1n) is 8.57. The van der Waals surface area contributed by atoms with Crippen LogP contribution in [0.4, 0.5) is 11.5 Å². The number of fused-ring (bicyclic) bond motifs is 1. The molecule has 0 saturated heterocycles. The van der Waals surface area contributed by atoms with E-state index in [1.165, 1.54) is 5.56 Å². The molecule has 1 aliphatic rings. The maximum absolute atomic E-state index is 11.0. The van der Waals surface area contributed by atoms with Gasteiger partial charge < -0.3 is 15.3 Å². The number of hydrogen-bond donors (Lipinski definition) is 2. The number of carboxylic acid groups (broad SMARTS) is 1. The first-order chi connectivity index (χ1) is 12.7. The molecule has 2 N–H and O–H groups in total. The Morgan fingerprint density at radius 1 is 1.08 bits per heavy atom. The number of benzene rings is 2. The van der Waals surface area contributed by atoms with Crippen molar-refractivity contribution in [1.29, 1.82) is 0 Å². The zero-order valence-electron chi connectivity index (χ0n) is 14.2. The van der Waals surface area contributed by atoms with Crippen LogP contribution in [0.2, 0.25) is 0 Å². The van der Waals surface area contributed by atoms with Gasteiger partial charge in [-0.05, 0) is 29.3 Å². The van der Waals surface area contributed by atoms with Gasteiger partial charge in [-0.25, -0.2) is 9.78 Å². The number of carboxylic acids is 1. The van der Waals surface area contributed by atoms with Crippen LogP contribution in [0, 0.1) is 0 Å². The molecule has 26 heavy (non-hydrogen) atoms. The van der Waals surface area contributed by atoms with E-state index in [2.05, 4.69) is 45.5 Å². The second kappa shape index (κ2) is 6.88. The van der Waals surface area contributed by atoms with Gasteiger partial charge in [0.05, 0.1) is 11.3 Å². The summed E-state index contributed by atoms with van der Waals surface area (Å²) < 4.78 is 0. The van der Waals surface area contributed by atoms with E-state index in [1.54, 1.807) is 12.1 Å². The fourth-order valence-electron chi connectivity index (χ4n) is 3.19. The molecule has 2 aromatic carbocycles. The van der Waals surface area contributed by atoms with Crippen molar-refractivity contribution in [3.05, 3.63) is 78.0 Å². The van der Waals surface area contributed by atoms with E-state index in [4.69, 9.17) is 5.11 Å². The molecule has 5 nitrogen and oxygen atoms in total. The molecule has 0 spiro atoms. The van der Waals surface area contributed by atoms with Crippen LogP contribution in [0.15, 0.2) is 66.9 Å². The lowest BCUT2D eigenvalue weighted by molar-refractivity contribution is 0.0697. The molecule has 0 bridgehead atoms. The van der Waals surface area contributed by atoms with Crippen molar-refractivity contribution in [1.82, 2.24) is 4.98 Å². The summed E-state index contributed by atoms with van der Waals surface area (Å²) in [5, 5.41) is 12.4. The zero-order valence-corrected chi connectivity index (χ0v) is 14.2. The Bertz CT molecular complexity index is 924. The van der Waals surface area contributed by atoms with Crippen molar-refractivity contribution in [3.8, 4) is 11.1 Å². The summed E-state index contributed by atoms with van der Waals surface area (Å²) in [5.41, 5.74) is 4.54. The number of hydrogen-bond acceptors (Lipinski definition) is 4. The summed E-state index contributed by atoms with van der Waals surface area (Å²) in [7, 11) is 0. The van der Waals surface area contributed by atoms with Gasteiger partial charge in [-0.1, -0.05) is 42.5 Å². The third kappa shape index (κ3) is 3.24. The monoisotopic (exact) mass is 345 g/mol. The lowest BCUT2D eigenvalue weighted by Gasteiger charge is -2.31. The van der Waals surface area contributed by atoms with Crippen LogP contribution >= 0.6 is 0 Å². The number of carbonyl (C=O) groups is 1. The van der Waals surface area contributed by atoms with Crippen LogP contribution in [-0.4, -0.2) is 29.1 Å². The van der Waals surface area contributed by atoms with Crippen molar-refractivity contribution in [3.63, 3.8) is 0 Å². The molecule has 3 aromatic rings. The maximum Gasteiger partial charge on any atom is 0.335 e. The first kappa shape index (κ1) is 16.1. The minimum absolute atomic E-state index is 0.284. The topological polar surface area (TPSA) is 65.5 Å². The van der Waals surface area contributed by atoms with E-state index in [0.717, 1.165) is 42.3 Å². The summed E-state index contributed by atoms with van der Waals surface area (Å²) >= 11 is 0. The van der Waals surface area contributed by atoms with Crippen LogP contribution in [0.5, 0.6) is 0 Å². The number of anilines is 2. The average molecular weight is 345 g/mol. The quantitative estimate of drug-likeness (QED) is 0.751. The molecular weight excluding hydrogens is 326 g/mol. The highest BCUT2D eigenvalue weighted by molar-refractivity contribution is 5.88. The van der Waals surface area contributed by atoms with E-state index in [1.807, 2.05) is 24.4 Å². The van der Waals surface area contributed by atoms with Crippen molar-refractivity contribution in [2.45, 2.75) is 6.54 Å². The van der Waals surface area contributed by atoms with Crippen molar-refractivity contribution < 1.29 is 9.90 Å². The third-order valence-corrected chi connectivity index (χ3v) is 4.56. The largest absolute Gasteiger partial charge is 0.478 e. The SMILES string of the molecule is O=C(O)c1ccc(-c2cnc3c(c2)N(Cc2ccccc2)CCN3)cc1. The molecule has 1 aromatic heterocycles. The summed E-state index contributed by atoms with van der Waals surface area (Å²) in [4.78, 5) is 17.9. The van der Waals surface area contributed by atoms with Gasteiger partial charge in [-0.3, -0.25) is 0 Å². The smallest absolute Gasteiger partial charge is 0.335 e. The molecule has 2 heterocycles. The van der Waals surface area contributed by atoms with Gasteiger partial charge in [0.1, 0.15) is 5.82 Å². The van der Waals surface area contributed by atoms with E-state index in [-0.39, 0.29) is 5.56 Å². The Balaban J connectivity index is 1.65. The summed E-state index contributed by atoms with van der Waals surface area (Å²) in [5.74, 6) is -0.0311. The van der Waals surface area contributed by atoms with Gasteiger partial charge >= 0.3 is 5.97 Å². The second-order valence-corrected chi connectivity index (χ2v) is 6.31. The standard InChI is InChI=1S/C21H19N3O2/c25-21(26)17-8-6-16(7-9-17)18-12-19-20(23-13-18)22-10-11-24(19)14-15-4-2-1-3-5-15/h1-9,12-13H,10-11,14H2,(H,22,23)(H,25,26). The second-order valence-electron chi connectivity index (χ2n) is 6.31. The molecule has 130 valence electrons. The molecule has 0 amide bonds. The normalized spacial score (nSPS) is 13.0. The highest BCUT2D eigenvalue weighted by atomic mass is 16.4. The lowest BCUT2D eigenvalue weighted by Crippen LogP contribution is -2.34. The van der Waals surface area contributed by atoms with Crippen molar-refractivity contribution in [2.75, 3.05) is 23.3 Å². The fraction of sp³-hybridized carbons (Fsp3) is 0.143. The predicted molar refractivity (Wildman–Crippen MR) is 103 cm³/mol. The van der Waals surface area contributed by atoms with Crippen LogP contribution in [0.25, 0.3) is 11.1 Å².